The van der Waals surface area contributed by atoms with E-state index < -0.39 is 0 Å². The van der Waals surface area contributed by atoms with Crippen LogP contribution in [0, 0.1) is 0 Å². The van der Waals surface area contributed by atoms with Gasteiger partial charge in [-0.2, -0.15) is 0 Å². The lowest BCUT2D eigenvalue weighted by atomic mass is 9.94. The summed E-state index contributed by atoms with van der Waals surface area (Å²) in [6.07, 6.45) is 3.41. The number of pyridine rings is 1. The van der Waals surface area contributed by atoms with Gasteiger partial charge in [0.25, 0.3) is 0 Å². The van der Waals surface area contributed by atoms with E-state index in [-0.39, 0.29) is 5.54 Å². The van der Waals surface area contributed by atoms with Crippen LogP contribution in [-0.2, 0) is 0 Å². The normalized spacial score (nSPS) is 17.6. The Morgan fingerprint density at radius 3 is 2.95 bits per heavy atom. The molecule has 20 heavy (non-hydrogen) atoms. The maximum absolute atomic E-state index is 6.07. The molecule has 0 amide bonds. The molecule has 1 aliphatic rings. The molecule has 0 aromatic carbocycles. The quantitative estimate of drug-likeness (QED) is 0.714. The number of hydrogen-bond donors (Lipinski definition) is 1. The van der Waals surface area contributed by atoms with Gasteiger partial charge in [0.2, 0.25) is 5.65 Å². The molecule has 0 bridgehead atoms. The van der Waals surface area contributed by atoms with Gasteiger partial charge in [0, 0.05) is 29.3 Å². The van der Waals surface area contributed by atoms with E-state index in [0.29, 0.717) is 5.65 Å². The third-order valence-electron chi connectivity index (χ3n) is 3.44. The summed E-state index contributed by atoms with van der Waals surface area (Å²) in [7, 11) is 0. The highest BCUT2D eigenvalue weighted by molar-refractivity contribution is 9.10. The topological polar surface area (TPSA) is 85.2 Å². The van der Waals surface area contributed by atoms with Crippen molar-refractivity contribution in [3.8, 4) is 0 Å². The summed E-state index contributed by atoms with van der Waals surface area (Å²) in [6.45, 7) is 3.54. The minimum atomic E-state index is -0.166. The fourth-order valence-electron chi connectivity index (χ4n) is 2.59. The van der Waals surface area contributed by atoms with Crippen molar-refractivity contribution in [3.05, 3.63) is 23.1 Å². The van der Waals surface area contributed by atoms with E-state index in [1.165, 1.54) is 0 Å². The van der Waals surface area contributed by atoms with Crippen LogP contribution >= 0.6 is 15.9 Å². The summed E-state index contributed by atoms with van der Waals surface area (Å²) in [5, 5.41) is 8.16. The van der Waals surface area contributed by atoms with Crippen molar-refractivity contribution in [1.29, 1.82) is 0 Å². The lowest BCUT2D eigenvalue weighted by Gasteiger charge is -2.45. The second-order valence-electron chi connectivity index (χ2n) is 5.47. The lowest BCUT2D eigenvalue weighted by molar-refractivity contribution is 0.363. The van der Waals surface area contributed by atoms with Crippen LogP contribution in [0.1, 0.15) is 6.92 Å². The summed E-state index contributed by atoms with van der Waals surface area (Å²) in [5.74, 6) is 0.785. The maximum Gasteiger partial charge on any atom is 0.204 e. The van der Waals surface area contributed by atoms with Crippen molar-refractivity contribution in [2.45, 2.75) is 12.5 Å². The Kier molecular flexibility index (Phi) is 2.31. The Morgan fingerprint density at radius 2 is 2.20 bits per heavy atom. The molecular weight excluding hydrogens is 322 g/mol. The molecule has 0 atom stereocenters. The molecule has 8 heteroatoms. The molecule has 0 spiro atoms. The van der Waals surface area contributed by atoms with Gasteiger partial charge in [-0.25, -0.2) is 9.97 Å². The Bertz CT molecular complexity index is 817. The minimum Gasteiger partial charge on any atom is -0.350 e. The average molecular weight is 334 g/mol. The smallest absolute Gasteiger partial charge is 0.204 e. The van der Waals surface area contributed by atoms with Gasteiger partial charge >= 0.3 is 0 Å². The molecule has 4 rings (SSSR count). The Hall–Kier alpha value is -1.80. The number of hydrogen-bond acceptors (Lipinski definition) is 6. The van der Waals surface area contributed by atoms with Gasteiger partial charge in [-0.05, 0) is 28.9 Å². The molecule has 0 radical (unpaired) electrons. The first-order chi connectivity index (χ1) is 9.53. The molecule has 3 aromatic heterocycles. The number of rotatable bonds is 1. The third-order valence-corrected chi connectivity index (χ3v) is 3.87. The number of anilines is 1. The summed E-state index contributed by atoms with van der Waals surface area (Å²) in [4.78, 5) is 11.1. The maximum atomic E-state index is 6.07. The van der Waals surface area contributed by atoms with Crippen molar-refractivity contribution in [2.24, 2.45) is 5.73 Å². The number of nitrogens with two attached hydrogens (primary N) is 1. The molecule has 0 saturated carbocycles. The highest BCUT2D eigenvalue weighted by Crippen LogP contribution is 2.29. The molecule has 3 aromatic rings. The van der Waals surface area contributed by atoms with Crippen LogP contribution in [0.15, 0.2) is 23.1 Å². The van der Waals surface area contributed by atoms with Crippen molar-refractivity contribution >= 4 is 38.6 Å². The van der Waals surface area contributed by atoms with Crippen molar-refractivity contribution in [2.75, 3.05) is 18.0 Å². The van der Waals surface area contributed by atoms with Crippen LogP contribution in [0.3, 0.4) is 0 Å². The largest absolute Gasteiger partial charge is 0.350 e. The van der Waals surface area contributed by atoms with E-state index in [4.69, 9.17) is 5.73 Å². The van der Waals surface area contributed by atoms with Crippen molar-refractivity contribution in [1.82, 2.24) is 24.6 Å². The van der Waals surface area contributed by atoms with Crippen LogP contribution in [0.25, 0.3) is 16.8 Å². The molecule has 1 saturated heterocycles. The fraction of sp³-hybridized carbons (Fsp3) is 0.333. The number of fused-ring (bicyclic) bond motifs is 3. The molecule has 2 N–H and O–H groups in total. The van der Waals surface area contributed by atoms with Gasteiger partial charge in [-0.3, -0.25) is 4.40 Å². The predicted molar refractivity (Wildman–Crippen MR) is 78.6 cm³/mol. The first kappa shape index (κ1) is 12.0. The number of aromatic nitrogens is 5. The fourth-order valence-corrected chi connectivity index (χ4v) is 2.91. The number of halogens is 1. The van der Waals surface area contributed by atoms with Gasteiger partial charge in [-0.1, -0.05) is 0 Å². The molecule has 102 valence electrons. The Morgan fingerprint density at radius 1 is 1.40 bits per heavy atom. The van der Waals surface area contributed by atoms with E-state index in [0.717, 1.165) is 34.5 Å². The molecular formula is C12H12BrN7. The zero-order valence-corrected chi connectivity index (χ0v) is 12.4. The standard InChI is InChI=1S/C12H12BrN7/c1-12(14)4-19(5-12)10-11-18-16-6-20(11)8-2-7(13)3-15-9(8)17-10/h2-3,6H,4-5,14H2,1H3. The van der Waals surface area contributed by atoms with Gasteiger partial charge < -0.3 is 10.6 Å². The average Bonchev–Trinajstić information content (AvgIpc) is 2.84. The van der Waals surface area contributed by atoms with Crippen LogP contribution in [-0.4, -0.2) is 43.2 Å². The monoisotopic (exact) mass is 333 g/mol. The van der Waals surface area contributed by atoms with Gasteiger partial charge in [-0.15, -0.1) is 10.2 Å². The van der Waals surface area contributed by atoms with Crippen LogP contribution in [0.2, 0.25) is 0 Å². The minimum absolute atomic E-state index is 0.166. The van der Waals surface area contributed by atoms with Crippen LogP contribution in [0.5, 0.6) is 0 Å². The van der Waals surface area contributed by atoms with Crippen molar-refractivity contribution in [3.63, 3.8) is 0 Å². The molecule has 0 unspecified atom stereocenters. The van der Waals surface area contributed by atoms with E-state index in [2.05, 4.69) is 41.0 Å². The summed E-state index contributed by atoms with van der Waals surface area (Å²) in [6, 6.07) is 1.96. The molecule has 1 fully saturated rings. The predicted octanol–water partition coefficient (Wildman–Crippen LogP) is 0.972. The van der Waals surface area contributed by atoms with Crippen LogP contribution < -0.4 is 10.6 Å². The first-order valence-electron chi connectivity index (χ1n) is 6.22. The van der Waals surface area contributed by atoms with Gasteiger partial charge in [0.05, 0.1) is 5.52 Å². The molecule has 1 aliphatic heterocycles. The second kappa shape index (κ2) is 3.86. The summed E-state index contributed by atoms with van der Waals surface area (Å²) >= 11 is 3.42. The summed E-state index contributed by atoms with van der Waals surface area (Å²) < 4.78 is 2.80. The summed E-state index contributed by atoms with van der Waals surface area (Å²) in [5.41, 5.74) is 8.17. The van der Waals surface area contributed by atoms with E-state index in [9.17, 15) is 0 Å². The van der Waals surface area contributed by atoms with E-state index in [1.54, 1.807) is 12.5 Å². The number of nitrogens with zero attached hydrogens (tertiary/aromatic N) is 6. The molecule has 0 aliphatic carbocycles. The van der Waals surface area contributed by atoms with Crippen LogP contribution in [0.4, 0.5) is 5.82 Å². The highest BCUT2D eigenvalue weighted by atomic mass is 79.9. The first-order valence-corrected chi connectivity index (χ1v) is 7.02. The van der Waals surface area contributed by atoms with Gasteiger partial charge in [0.1, 0.15) is 6.33 Å². The van der Waals surface area contributed by atoms with E-state index in [1.807, 2.05) is 17.4 Å². The van der Waals surface area contributed by atoms with Crippen molar-refractivity contribution < 1.29 is 0 Å². The zero-order valence-electron chi connectivity index (χ0n) is 10.8. The highest BCUT2D eigenvalue weighted by Gasteiger charge is 2.37. The molecule has 7 nitrogen and oxygen atoms in total. The Labute approximate surface area is 122 Å². The zero-order chi connectivity index (χ0) is 13.9. The second-order valence-corrected chi connectivity index (χ2v) is 6.38. The lowest BCUT2D eigenvalue weighted by Crippen LogP contribution is -2.66. The Balaban J connectivity index is 1.96. The SMILES string of the molecule is CC1(N)CN(c2nc3ncc(Br)cc3n3cnnc23)C1. The molecule has 4 heterocycles. The van der Waals surface area contributed by atoms with Gasteiger partial charge in [0.15, 0.2) is 11.5 Å². The third kappa shape index (κ3) is 1.68. The van der Waals surface area contributed by atoms with E-state index >= 15 is 0 Å².